The van der Waals surface area contributed by atoms with Gasteiger partial charge in [-0.15, -0.1) is 0 Å². The Labute approximate surface area is 177 Å². The van der Waals surface area contributed by atoms with Gasteiger partial charge >= 0.3 is 0 Å². The smallest absolute Gasteiger partial charge is 0.269 e. The number of nitrogens with zero attached hydrogens (tertiary/aromatic N) is 1. The molecule has 0 aliphatic carbocycles. The number of anilines is 2. The van der Waals surface area contributed by atoms with Crippen LogP contribution in [-0.4, -0.2) is 25.2 Å². The first-order valence-corrected chi connectivity index (χ1v) is 10.4. The molecule has 3 rings (SSSR count). The molecule has 0 aromatic heterocycles. The summed E-state index contributed by atoms with van der Waals surface area (Å²) in [5.74, 6) is -0.749. The highest BCUT2D eigenvalue weighted by atomic mass is 32.2. The molecular formula is C21H17N3O6S. The fourth-order valence-electron chi connectivity index (χ4n) is 2.71. The molecule has 31 heavy (non-hydrogen) atoms. The van der Waals surface area contributed by atoms with Crippen LogP contribution in [0.4, 0.5) is 17.1 Å². The highest BCUT2D eigenvalue weighted by Crippen LogP contribution is 2.24. The second-order valence-electron chi connectivity index (χ2n) is 6.49. The fourth-order valence-corrected chi connectivity index (χ4v) is 3.97. The second kappa shape index (κ2) is 8.76. The van der Waals surface area contributed by atoms with Crippen LogP contribution in [0, 0.1) is 10.1 Å². The summed E-state index contributed by atoms with van der Waals surface area (Å²) in [6.07, 6.45) is 0. The SMILES string of the molecule is CC(=O)Nc1ccc(S(=O)(=O)c2ccc(NC(=O)c3ccc([N+](=O)[O-])cc3)cc2)cc1. The summed E-state index contributed by atoms with van der Waals surface area (Å²) in [4.78, 5) is 33.6. The maximum absolute atomic E-state index is 12.8. The average molecular weight is 439 g/mol. The first kappa shape index (κ1) is 21.7. The number of hydrogen-bond acceptors (Lipinski definition) is 6. The molecule has 10 heteroatoms. The van der Waals surface area contributed by atoms with Crippen molar-refractivity contribution in [3.05, 3.63) is 88.5 Å². The van der Waals surface area contributed by atoms with Gasteiger partial charge in [-0.3, -0.25) is 19.7 Å². The molecular weight excluding hydrogens is 422 g/mol. The van der Waals surface area contributed by atoms with Crippen molar-refractivity contribution in [3.63, 3.8) is 0 Å². The number of nitrogens with one attached hydrogen (secondary N) is 2. The summed E-state index contributed by atoms with van der Waals surface area (Å²) in [7, 11) is -3.78. The normalized spacial score (nSPS) is 10.9. The van der Waals surface area contributed by atoms with Crippen molar-refractivity contribution in [3.8, 4) is 0 Å². The highest BCUT2D eigenvalue weighted by Gasteiger charge is 2.18. The highest BCUT2D eigenvalue weighted by molar-refractivity contribution is 7.91. The van der Waals surface area contributed by atoms with E-state index in [4.69, 9.17) is 0 Å². The summed E-state index contributed by atoms with van der Waals surface area (Å²) in [5, 5.41) is 15.9. The van der Waals surface area contributed by atoms with Crippen LogP contribution < -0.4 is 10.6 Å². The van der Waals surface area contributed by atoms with Crippen molar-refractivity contribution in [1.82, 2.24) is 0 Å². The first-order valence-electron chi connectivity index (χ1n) is 8.95. The number of rotatable bonds is 6. The van der Waals surface area contributed by atoms with Crippen molar-refractivity contribution >= 4 is 38.7 Å². The lowest BCUT2D eigenvalue weighted by molar-refractivity contribution is -0.384. The number of sulfone groups is 1. The minimum Gasteiger partial charge on any atom is -0.326 e. The van der Waals surface area contributed by atoms with E-state index >= 15 is 0 Å². The van der Waals surface area contributed by atoms with E-state index in [1.165, 1.54) is 79.7 Å². The van der Waals surface area contributed by atoms with Crippen LogP contribution in [-0.2, 0) is 14.6 Å². The van der Waals surface area contributed by atoms with Gasteiger partial charge in [0.15, 0.2) is 0 Å². The van der Waals surface area contributed by atoms with E-state index in [0.717, 1.165) is 0 Å². The summed E-state index contributed by atoms with van der Waals surface area (Å²) in [6, 6.07) is 16.5. The van der Waals surface area contributed by atoms with Crippen LogP contribution in [0.2, 0.25) is 0 Å². The molecule has 0 saturated carbocycles. The Morgan fingerprint density at radius 1 is 0.774 bits per heavy atom. The number of nitro groups is 1. The van der Waals surface area contributed by atoms with Gasteiger partial charge in [0.2, 0.25) is 15.7 Å². The number of carbonyl (C=O) groups is 2. The van der Waals surface area contributed by atoms with Gasteiger partial charge in [-0.25, -0.2) is 8.42 Å². The zero-order valence-electron chi connectivity index (χ0n) is 16.2. The lowest BCUT2D eigenvalue weighted by Crippen LogP contribution is -2.12. The Balaban J connectivity index is 1.73. The van der Waals surface area contributed by atoms with Gasteiger partial charge in [-0.05, 0) is 60.7 Å². The Hall–Kier alpha value is -4.05. The lowest BCUT2D eigenvalue weighted by Gasteiger charge is -2.09. The monoisotopic (exact) mass is 439 g/mol. The zero-order valence-corrected chi connectivity index (χ0v) is 17.0. The topological polar surface area (TPSA) is 135 Å². The van der Waals surface area contributed by atoms with E-state index in [9.17, 15) is 28.1 Å². The molecule has 0 radical (unpaired) electrons. The van der Waals surface area contributed by atoms with Crippen LogP contribution in [0.1, 0.15) is 17.3 Å². The van der Waals surface area contributed by atoms with E-state index in [1.807, 2.05) is 0 Å². The molecule has 158 valence electrons. The van der Waals surface area contributed by atoms with Crippen molar-refractivity contribution in [1.29, 1.82) is 0 Å². The maximum Gasteiger partial charge on any atom is 0.269 e. The lowest BCUT2D eigenvalue weighted by atomic mass is 10.2. The number of hydrogen-bond donors (Lipinski definition) is 2. The largest absolute Gasteiger partial charge is 0.326 e. The molecule has 0 atom stereocenters. The second-order valence-corrected chi connectivity index (χ2v) is 8.44. The third-order valence-electron chi connectivity index (χ3n) is 4.25. The van der Waals surface area contributed by atoms with Crippen molar-refractivity contribution in [2.45, 2.75) is 16.7 Å². The van der Waals surface area contributed by atoms with E-state index in [0.29, 0.717) is 11.4 Å². The molecule has 2 N–H and O–H groups in total. The predicted molar refractivity (Wildman–Crippen MR) is 114 cm³/mol. The van der Waals surface area contributed by atoms with Crippen molar-refractivity contribution < 1.29 is 22.9 Å². The number of amides is 2. The molecule has 3 aromatic rings. The Morgan fingerprint density at radius 2 is 1.23 bits per heavy atom. The summed E-state index contributed by atoms with van der Waals surface area (Å²) in [6.45, 7) is 1.35. The molecule has 0 fully saturated rings. The predicted octanol–water partition coefficient (Wildman–Crippen LogP) is 3.64. The zero-order chi connectivity index (χ0) is 22.6. The van der Waals surface area contributed by atoms with Crippen LogP contribution in [0.5, 0.6) is 0 Å². The summed E-state index contributed by atoms with van der Waals surface area (Å²) < 4.78 is 25.6. The number of benzene rings is 3. The van der Waals surface area contributed by atoms with E-state index in [-0.39, 0.29) is 26.9 Å². The number of carbonyl (C=O) groups excluding carboxylic acids is 2. The van der Waals surface area contributed by atoms with Crippen LogP contribution in [0.15, 0.2) is 82.6 Å². The molecule has 0 bridgehead atoms. The quantitative estimate of drug-likeness (QED) is 0.445. The number of nitro benzene ring substituents is 1. The van der Waals surface area contributed by atoms with Gasteiger partial charge in [0.25, 0.3) is 11.6 Å². The third-order valence-corrected chi connectivity index (χ3v) is 6.03. The van der Waals surface area contributed by atoms with E-state index in [2.05, 4.69) is 10.6 Å². The molecule has 0 saturated heterocycles. The van der Waals surface area contributed by atoms with Gasteiger partial charge in [0.05, 0.1) is 14.7 Å². The summed E-state index contributed by atoms with van der Waals surface area (Å²) >= 11 is 0. The van der Waals surface area contributed by atoms with Crippen LogP contribution in [0.3, 0.4) is 0 Å². The molecule has 0 aliphatic rings. The Bertz CT molecular complexity index is 1240. The standard InChI is InChI=1S/C21H17N3O6S/c1-14(25)22-16-4-10-19(11-5-16)31(29,30)20-12-6-17(7-13-20)23-21(26)15-2-8-18(9-3-15)24(27)28/h2-13H,1H3,(H,22,25)(H,23,26). The van der Waals surface area contributed by atoms with E-state index < -0.39 is 20.7 Å². The number of non-ortho nitro benzene ring substituents is 1. The van der Waals surface area contributed by atoms with Gasteiger partial charge < -0.3 is 10.6 Å². The molecule has 0 spiro atoms. The minimum absolute atomic E-state index is 0.0353. The maximum atomic E-state index is 12.8. The van der Waals surface area contributed by atoms with E-state index in [1.54, 1.807) is 0 Å². The van der Waals surface area contributed by atoms with Gasteiger partial charge in [-0.2, -0.15) is 0 Å². The Kier molecular flexibility index (Phi) is 6.12. The van der Waals surface area contributed by atoms with Crippen molar-refractivity contribution in [2.75, 3.05) is 10.6 Å². The van der Waals surface area contributed by atoms with Gasteiger partial charge in [0, 0.05) is 36.0 Å². The van der Waals surface area contributed by atoms with Gasteiger partial charge in [-0.1, -0.05) is 0 Å². The molecule has 9 nitrogen and oxygen atoms in total. The van der Waals surface area contributed by atoms with Gasteiger partial charge in [0.1, 0.15) is 0 Å². The van der Waals surface area contributed by atoms with Crippen molar-refractivity contribution in [2.24, 2.45) is 0 Å². The molecule has 0 unspecified atom stereocenters. The summed E-state index contributed by atoms with van der Waals surface area (Å²) in [5.41, 5.74) is 0.942. The fraction of sp³-hybridized carbons (Fsp3) is 0.0476. The van der Waals surface area contributed by atoms with Crippen LogP contribution >= 0.6 is 0 Å². The average Bonchev–Trinajstić information content (AvgIpc) is 2.74. The first-order chi connectivity index (χ1) is 14.7. The minimum atomic E-state index is -3.78. The Morgan fingerprint density at radius 3 is 1.65 bits per heavy atom. The third kappa shape index (κ3) is 5.11. The molecule has 0 aliphatic heterocycles. The van der Waals surface area contributed by atoms with Crippen LogP contribution in [0.25, 0.3) is 0 Å². The molecule has 2 amide bonds. The molecule has 0 heterocycles. The molecule has 3 aromatic carbocycles.